The molecule has 3 aromatic rings. The molecule has 6 heteroatoms. The molecule has 0 spiro atoms. The Labute approximate surface area is 134 Å². The summed E-state index contributed by atoms with van der Waals surface area (Å²) in [6, 6.07) is 9.17. The number of hydrogen-bond donors (Lipinski definition) is 2. The van der Waals surface area contributed by atoms with Crippen molar-refractivity contribution in [2.75, 3.05) is 18.8 Å². The first-order chi connectivity index (χ1) is 10.7. The second kappa shape index (κ2) is 6.77. The van der Waals surface area contributed by atoms with Crippen LogP contribution in [0.2, 0.25) is 5.02 Å². The SMILES string of the molecule is C1CCNC1.Nc1cccc(-c2cnc3ccc(Cl)cn23)n1. The Bertz CT molecular complexity index is 756. The first kappa shape index (κ1) is 14.8. The number of hydrogen-bond acceptors (Lipinski definition) is 4. The van der Waals surface area contributed by atoms with Crippen LogP contribution in [0.1, 0.15) is 12.8 Å². The summed E-state index contributed by atoms with van der Waals surface area (Å²) < 4.78 is 1.89. The van der Waals surface area contributed by atoms with Crippen molar-refractivity contribution in [3.05, 3.63) is 47.7 Å². The van der Waals surface area contributed by atoms with Crippen molar-refractivity contribution in [3.8, 4) is 11.4 Å². The topological polar surface area (TPSA) is 68.2 Å². The minimum Gasteiger partial charge on any atom is -0.384 e. The fourth-order valence-corrected chi connectivity index (χ4v) is 2.52. The first-order valence-electron chi connectivity index (χ1n) is 7.30. The van der Waals surface area contributed by atoms with Crippen LogP contribution in [0.4, 0.5) is 5.82 Å². The number of nitrogens with two attached hydrogens (primary N) is 1. The van der Waals surface area contributed by atoms with Crippen molar-refractivity contribution >= 4 is 23.1 Å². The minimum absolute atomic E-state index is 0.486. The minimum atomic E-state index is 0.486. The molecule has 5 nitrogen and oxygen atoms in total. The maximum Gasteiger partial charge on any atom is 0.137 e. The Morgan fingerprint density at radius 3 is 2.64 bits per heavy atom. The second-order valence-corrected chi connectivity index (χ2v) is 5.56. The molecule has 0 aliphatic carbocycles. The van der Waals surface area contributed by atoms with E-state index in [-0.39, 0.29) is 0 Å². The third-order valence-electron chi connectivity index (χ3n) is 3.46. The van der Waals surface area contributed by atoms with Gasteiger partial charge in [0.1, 0.15) is 11.5 Å². The highest BCUT2D eigenvalue weighted by molar-refractivity contribution is 6.30. The van der Waals surface area contributed by atoms with Gasteiger partial charge in [-0.25, -0.2) is 9.97 Å². The average Bonchev–Trinajstić information content (AvgIpc) is 3.20. The van der Waals surface area contributed by atoms with Crippen molar-refractivity contribution in [3.63, 3.8) is 0 Å². The number of fused-ring (bicyclic) bond motifs is 1. The molecule has 0 aromatic carbocycles. The predicted octanol–water partition coefficient (Wildman–Crippen LogP) is 3.00. The summed E-state index contributed by atoms with van der Waals surface area (Å²) in [5.41, 5.74) is 8.15. The molecule has 1 fully saturated rings. The van der Waals surface area contributed by atoms with Gasteiger partial charge in [-0.05, 0) is 50.2 Å². The molecular weight excluding hydrogens is 298 g/mol. The molecule has 0 saturated carbocycles. The molecule has 0 unspecified atom stereocenters. The van der Waals surface area contributed by atoms with Crippen LogP contribution in [0, 0.1) is 0 Å². The van der Waals surface area contributed by atoms with Crippen molar-refractivity contribution in [2.24, 2.45) is 0 Å². The number of imidazole rings is 1. The number of anilines is 1. The van der Waals surface area contributed by atoms with Crippen molar-refractivity contribution in [1.82, 2.24) is 19.7 Å². The van der Waals surface area contributed by atoms with E-state index in [4.69, 9.17) is 17.3 Å². The quantitative estimate of drug-likeness (QED) is 0.724. The number of nitrogen functional groups attached to an aromatic ring is 1. The van der Waals surface area contributed by atoms with Crippen LogP contribution in [0.15, 0.2) is 42.7 Å². The summed E-state index contributed by atoms with van der Waals surface area (Å²) >= 11 is 5.97. The monoisotopic (exact) mass is 315 g/mol. The van der Waals surface area contributed by atoms with Gasteiger partial charge in [0.05, 0.1) is 22.6 Å². The van der Waals surface area contributed by atoms with E-state index in [1.807, 2.05) is 28.8 Å². The van der Waals surface area contributed by atoms with Crippen molar-refractivity contribution < 1.29 is 0 Å². The van der Waals surface area contributed by atoms with Gasteiger partial charge < -0.3 is 11.1 Å². The maximum absolute atomic E-state index is 5.97. The molecular formula is C16H18ClN5. The molecule has 0 radical (unpaired) electrons. The largest absolute Gasteiger partial charge is 0.384 e. The zero-order valence-electron chi connectivity index (χ0n) is 12.2. The fourth-order valence-electron chi connectivity index (χ4n) is 2.36. The van der Waals surface area contributed by atoms with Crippen LogP contribution in [0.3, 0.4) is 0 Å². The summed E-state index contributed by atoms with van der Waals surface area (Å²) in [5, 5.41) is 3.88. The van der Waals surface area contributed by atoms with E-state index in [9.17, 15) is 0 Å². The number of nitrogens with zero attached hydrogens (tertiary/aromatic N) is 3. The molecule has 0 atom stereocenters. The summed E-state index contributed by atoms with van der Waals surface area (Å²) in [7, 11) is 0. The fraction of sp³-hybridized carbons (Fsp3) is 0.250. The molecule has 0 bridgehead atoms. The highest BCUT2D eigenvalue weighted by Gasteiger charge is 2.07. The van der Waals surface area contributed by atoms with Crippen LogP contribution in [-0.2, 0) is 0 Å². The molecule has 1 aliphatic heterocycles. The lowest BCUT2D eigenvalue weighted by Gasteiger charge is -2.02. The molecule has 0 amide bonds. The van der Waals surface area contributed by atoms with Gasteiger partial charge in [-0.2, -0.15) is 0 Å². The van der Waals surface area contributed by atoms with Gasteiger partial charge in [0, 0.05) is 6.20 Å². The van der Waals surface area contributed by atoms with Crippen LogP contribution in [0.25, 0.3) is 17.0 Å². The van der Waals surface area contributed by atoms with Gasteiger partial charge in [0.2, 0.25) is 0 Å². The molecule has 1 aliphatic rings. The second-order valence-electron chi connectivity index (χ2n) is 5.12. The van der Waals surface area contributed by atoms with E-state index >= 15 is 0 Å². The third kappa shape index (κ3) is 3.37. The van der Waals surface area contributed by atoms with Crippen LogP contribution >= 0.6 is 11.6 Å². The zero-order valence-corrected chi connectivity index (χ0v) is 12.9. The Morgan fingerprint density at radius 1 is 1.14 bits per heavy atom. The molecule has 4 heterocycles. The molecule has 3 aromatic heterocycles. The normalized spacial score (nSPS) is 13.9. The highest BCUT2D eigenvalue weighted by Crippen LogP contribution is 2.21. The van der Waals surface area contributed by atoms with Crippen LogP contribution in [0.5, 0.6) is 0 Å². The van der Waals surface area contributed by atoms with Gasteiger partial charge in [-0.1, -0.05) is 17.7 Å². The molecule has 1 saturated heterocycles. The van der Waals surface area contributed by atoms with Crippen molar-refractivity contribution in [1.29, 1.82) is 0 Å². The number of rotatable bonds is 1. The number of pyridine rings is 2. The Morgan fingerprint density at radius 2 is 1.95 bits per heavy atom. The van der Waals surface area contributed by atoms with Crippen molar-refractivity contribution in [2.45, 2.75) is 12.8 Å². The lowest BCUT2D eigenvalue weighted by atomic mass is 10.3. The summed E-state index contributed by atoms with van der Waals surface area (Å²) in [6.45, 7) is 2.50. The molecule has 3 N–H and O–H groups in total. The van der Waals surface area contributed by atoms with Gasteiger partial charge in [-0.3, -0.25) is 4.40 Å². The summed E-state index contributed by atoms with van der Waals surface area (Å²) in [6.07, 6.45) is 6.34. The van der Waals surface area contributed by atoms with E-state index in [1.54, 1.807) is 18.3 Å². The molecule has 22 heavy (non-hydrogen) atoms. The van der Waals surface area contributed by atoms with E-state index < -0.39 is 0 Å². The Hall–Kier alpha value is -2.11. The number of aromatic nitrogens is 3. The van der Waals surface area contributed by atoms with E-state index in [0.717, 1.165) is 17.0 Å². The third-order valence-corrected chi connectivity index (χ3v) is 3.68. The standard InChI is InChI=1S/C12H9ClN4.C4H9N/c13-8-4-5-12-15-6-10(17(12)7-8)9-2-1-3-11(14)16-9;1-2-4-5-3-1/h1-7H,(H2,14,16);5H,1-4H2. The van der Waals surface area contributed by atoms with Crippen LogP contribution < -0.4 is 11.1 Å². The van der Waals surface area contributed by atoms with Gasteiger partial charge in [0.25, 0.3) is 0 Å². The van der Waals surface area contributed by atoms with E-state index in [1.165, 1.54) is 25.9 Å². The lowest BCUT2D eigenvalue weighted by molar-refractivity contribution is 0.857. The van der Waals surface area contributed by atoms with Gasteiger partial charge in [0.15, 0.2) is 0 Å². The van der Waals surface area contributed by atoms with Gasteiger partial charge in [-0.15, -0.1) is 0 Å². The molecule has 114 valence electrons. The Kier molecular flexibility index (Phi) is 4.56. The number of halogens is 1. The predicted molar refractivity (Wildman–Crippen MR) is 89.9 cm³/mol. The lowest BCUT2D eigenvalue weighted by Crippen LogP contribution is -2.03. The smallest absolute Gasteiger partial charge is 0.137 e. The summed E-state index contributed by atoms with van der Waals surface area (Å²) in [4.78, 5) is 8.56. The average molecular weight is 316 g/mol. The van der Waals surface area contributed by atoms with E-state index in [2.05, 4.69) is 15.3 Å². The summed E-state index contributed by atoms with van der Waals surface area (Å²) in [5.74, 6) is 0.486. The Balaban J connectivity index is 0.000000246. The zero-order chi connectivity index (χ0) is 15.4. The first-order valence-corrected chi connectivity index (χ1v) is 7.68. The highest BCUT2D eigenvalue weighted by atomic mass is 35.5. The number of nitrogens with one attached hydrogen (secondary N) is 1. The van der Waals surface area contributed by atoms with Crippen LogP contribution in [-0.4, -0.2) is 27.5 Å². The maximum atomic E-state index is 5.97. The van der Waals surface area contributed by atoms with Gasteiger partial charge >= 0.3 is 0 Å². The van der Waals surface area contributed by atoms with E-state index in [0.29, 0.717) is 10.8 Å². The molecule has 4 rings (SSSR count).